The maximum absolute atomic E-state index is 8.99. The second-order valence-electron chi connectivity index (χ2n) is 2.44. The lowest BCUT2D eigenvalue weighted by molar-refractivity contribution is 0.154. The van der Waals surface area contributed by atoms with Gasteiger partial charge in [-0.25, -0.2) is 0 Å². The topological polar surface area (TPSA) is 32.3 Å². The monoisotopic (exact) mass is 115 g/mol. The van der Waals surface area contributed by atoms with Gasteiger partial charge in [0.2, 0.25) is 0 Å². The van der Waals surface area contributed by atoms with Crippen molar-refractivity contribution in [3.63, 3.8) is 0 Å². The van der Waals surface area contributed by atoms with Crippen LogP contribution in [0.15, 0.2) is 0 Å². The molecule has 0 radical (unpaired) electrons. The fourth-order valence-electron chi connectivity index (χ4n) is 1.12. The summed E-state index contributed by atoms with van der Waals surface area (Å²) in [5.74, 6) is 0. The van der Waals surface area contributed by atoms with Gasteiger partial charge < -0.3 is 10.4 Å². The Hall–Kier alpha value is -0.0800. The first-order chi connectivity index (χ1) is 3.80. The Kier molecular flexibility index (Phi) is 1.86. The number of aliphatic hydroxyl groups is 1. The molecule has 0 aromatic carbocycles. The number of aliphatic hydroxyl groups excluding tert-OH is 1. The zero-order valence-corrected chi connectivity index (χ0v) is 5.22. The van der Waals surface area contributed by atoms with E-state index in [-0.39, 0.29) is 6.10 Å². The van der Waals surface area contributed by atoms with E-state index in [1.54, 1.807) is 0 Å². The number of hydrogen-bond donors (Lipinski definition) is 2. The predicted molar refractivity (Wildman–Crippen MR) is 32.7 cm³/mol. The van der Waals surface area contributed by atoms with Crippen LogP contribution in [0, 0.1) is 0 Å². The normalized spacial score (nSPS) is 33.0. The molecule has 48 valence electrons. The lowest BCUT2D eigenvalue weighted by Crippen LogP contribution is -2.32. The van der Waals surface area contributed by atoms with Crippen molar-refractivity contribution in [3.8, 4) is 0 Å². The molecular weight excluding hydrogens is 102 g/mol. The van der Waals surface area contributed by atoms with Crippen molar-refractivity contribution < 1.29 is 5.11 Å². The van der Waals surface area contributed by atoms with Crippen LogP contribution in [0.2, 0.25) is 0 Å². The van der Waals surface area contributed by atoms with Gasteiger partial charge in [-0.05, 0) is 26.3 Å². The SMILES string of the molecule is C[C@H](O)[C@H]1CCCN1. The number of hydrogen-bond acceptors (Lipinski definition) is 2. The molecule has 0 aliphatic carbocycles. The Morgan fingerprint density at radius 2 is 2.50 bits per heavy atom. The molecule has 0 spiro atoms. The number of nitrogens with one attached hydrogen (secondary N) is 1. The van der Waals surface area contributed by atoms with Crippen LogP contribution >= 0.6 is 0 Å². The second kappa shape index (κ2) is 2.46. The molecule has 0 unspecified atom stereocenters. The highest BCUT2D eigenvalue weighted by molar-refractivity contribution is 4.77. The van der Waals surface area contributed by atoms with Gasteiger partial charge in [0.25, 0.3) is 0 Å². The van der Waals surface area contributed by atoms with Crippen LogP contribution < -0.4 is 5.32 Å². The summed E-state index contributed by atoms with van der Waals surface area (Å²) < 4.78 is 0. The lowest BCUT2D eigenvalue weighted by Gasteiger charge is -2.11. The lowest BCUT2D eigenvalue weighted by atomic mass is 10.1. The Morgan fingerprint density at radius 3 is 2.75 bits per heavy atom. The molecule has 2 nitrogen and oxygen atoms in total. The average molecular weight is 115 g/mol. The van der Waals surface area contributed by atoms with Gasteiger partial charge >= 0.3 is 0 Å². The molecule has 1 heterocycles. The van der Waals surface area contributed by atoms with Crippen LogP contribution in [-0.2, 0) is 0 Å². The van der Waals surface area contributed by atoms with Gasteiger partial charge in [-0.3, -0.25) is 0 Å². The minimum Gasteiger partial charge on any atom is -0.392 e. The third-order valence-electron chi connectivity index (χ3n) is 1.68. The van der Waals surface area contributed by atoms with Crippen molar-refractivity contribution >= 4 is 0 Å². The Labute approximate surface area is 49.9 Å². The summed E-state index contributed by atoms with van der Waals surface area (Å²) in [4.78, 5) is 0. The first kappa shape index (κ1) is 6.05. The molecule has 0 bridgehead atoms. The largest absolute Gasteiger partial charge is 0.392 e. The van der Waals surface area contributed by atoms with E-state index in [1.807, 2.05) is 6.92 Å². The van der Waals surface area contributed by atoms with Crippen molar-refractivity contribution in [2.45, 2.75) is 31.9 Å². The van der Waals surface area contributed by atoms with Gasteiger partial charge in [0, 0.05) is 6.04 Å². The van der Waals surface area contributed by atoms with E-state index in [0.29, 0.717) is 6.04 Å². The third kappa shape index (κ3) is 1.20. The maximum Gasteiger partial charge on any atom is 0.0665 e. The molecule has 1 aliphatic rings. The fraction of sp³-hybridized carbons (Fsp3) is 1.00. The minimum atomic E-state index is -0.169. The minimum absolute atomic E-state index is 0.169. The second-order valence-corrected chi connectivity index (χ2v) is 2.44. The molecule has 2 atom stereocenters. The Bertz CT molecular complexity index is 66.9. The van der Waals surface area contributed by atoms with Crippen LogP contribution in [0.4, 0.5) is 0 Å². The summed E-state index contributed by atoms with van der Waals surface area (Å²) in [5, 5.41) is 12.2. The van der Waals surface area contributed by atoms with Crippen molar-refractivity contribution in [2.24, 2.45) is 0 Å². The zero-order valence-electron chi connectivity index (χ0n) is 5.22. The van der Waals surface area contributed by atoms with E-state index < -0.39 is 0 Å². The maximum atomic E-state index is 8.99. The highest BCUT2D eigenvalue weighted by atomic mass is 16.3. The van der Waals surface area contributed by atoms with E-state index in [2.05, 4.69) is 5.32 Å². The molecule has 1 aliphatic heterocycles. The molecule has 1 saturated heterocycles. The molecule has 8 heavy (non-hydrogen) atoms. The van der Waals surface area contributed by atoms with Crippen molar-refractivity contribution in [1.82, 2.24) is 5.32 Å². The van der Waals surface area contributed by atoms with Gasteiger partial charge in [0.05, 0.1) is 6.10 Å². The first-order valence-electron chi connectivity index (χ1n) is 3.22. The molecule has 1 rings (SSSR count). The summed E-state index contributed by atoms with van der Waals surface area (Å²) in [6.45, 7) is 2.92. The molecule has 0 amide bonds. The molecule has 0 aromatic heterocycles. The smallest absolute Gasteiger partial charge is 0.0665 e. The zero-order chi connectivity index (χ0) is 5.98. The highest BCUT2D eigenvalue weighted by Crippen LogP contribution is 2.07. The van der Waals surface area contributed by atoms with Crippen LogP contribution in [-0.4, -0.2) is 23.8 Å². The molecule has 1 fully saturated rings. The predicted octanol–water partition coefficient (Wildman–Crippen LogP) is 0.119. The van der Waals surface area contributed by atoms with Gasteiger partial charge in [-0.2, -0.15) is 0 Å². The van der Waals surface area contributed by atoms with Crippen molar-refractivity contribution in [1.29, 1.82) is 0 Å². The Balaban J connectivity index is 2.24. The van der Waals surface area contributed by atoms with Crippen molar-refractivity contribution in [3.05, 3.63) is 0 Å². The van der Waals surface area contributed by atoms with E-state index in [9.17, 15) is 0 Å². The third-order valence-corrected chi connectivity index (χ3v) is 1.68. The van der Waals surface area contributed by atoms with E-state index >= 15 is 0 Å². The summed E-state index contributed by atoms with van der Waals surface area (Å²) in [6.07, 6.45) is 2.19. The summed E-state index contributed by atoms with van der Waals surface area (Å²) in [5.41, 5.74) is 0. The molecule has 2 N–H and O–H groups in total. The van der Waals surface area contributed by atoms with E-state index in [4.69, 9.17) is 5.11 Å². The summed E-state index contributed by atoms with van der Waals surface area (Å²) >= 11 is 0. The molecule has 2 heteroatoms. The fourth-order valence-corrected chi connectivity index (χ4v) is 1.12. The van der Waals surface area contributed by atoms with E-state index in [1.165, 1.54) is 6.42 Å². The van der Waals surface area contributed by atoms with Crippen LogP contribution in [0.3, 0.4) is 0 Å². The van der Waals surface area contributed by atoms with Crippen LogP contribution in [0.5, 0.6) is 0 Å². The van der Waals surface area contributed by atoms with Crippen LogP contribution in [0.1, 0.15) is 19.8 Å². The summed E-state index contributed by atoms with van der Waals surface area (Å²) in [7, 11) is 0. The summed E-state index contributed by atoms with van der Waals surface area (Å²) in [6, 6.07) is 0.370. The standard InChI is InChI=1S/C6H13NO/c1-5(8)6-3-2-4-7-6/h5-8H,2-4H2,1H3/t5-,6+/m0/s1. The highest BCUT2D eigenvalue weighted by Gasteiger charge is 2.17. The number of rotatable bonds is 1. The van der Waals surface area contributed by atoms with Gasteiger partial charge in [0.1, 0.15) is 0 Å². The average Bonchev–Trinajstić information content (AvgIpc) is 2.12. The molecule has 0 aromatic rings. The van der Waals surface area contributed by atoms with Crippen LogP contribution in [0.25, 0.3) is 0 Å². The molecule has 0 saturated carbocycles. The first-order valence-corrected chi connectivity index (χ1v) is 3.22. The van der Waals surface area contributed by atoms with Gasteiger partial charge in [-0.1, -0.05) is 0 Å². The van der Waals surface area contributed by atoms with Crippen molar-refractivity contribution in [2.75, 3.05) is 6.54 Å². The van der Waals surface area contributed by atoms with E-state index in [0.717, 1.165) is 13.0 Å². The quantitative estimate of drug-likeness (QED) is 0.508. The van der Waals surface area contributed by atoms with Gasteiger partial charge in [0.15, 0.2) is 0 Å². The molecular formula is C6H13NO. The Morgan fingerprint density at radius 1 is 1.75 bits per heavy atom. The van der Waals surface area contributed by atoms with Gasteiger partial charge in [-0.15, -0.1) is 0 Å².